The molecule has 2 rings (SSSR count). The number of hydrogen-bond donors (Lipinski definition) is 2. The number of rotatable bonds is 5. The summed E-state index contributed by atoms with van der Waals surface area (Å²) in [6, 6.07) is 9.14. The fourth-order valence-electron chi connectivity index (χ4n) is 1.72. The van der Waals surface area contributed by atoms with Crippen LogP contribution in [-0.2, 0) is 0 Å². The van der Waals surface area contributed by atoms with Gasteiger partial charge in [-0.1, -0.05) is 6.07 Å². The van der Waals surface area contributed by atoms with E-state index in [1.165, 1.54) is 0 Å². The highest BCUT2D eigenvalue weighted by Gasteiger charge is 2.10. The first-order chi connectivity index (χ1) is 9.78. The van der Waals surface area contributed by atoms with E-state index in [1.807, 2.05) is 6.92 Å². The molecule has 2 aromatic rings. The summed E-state index contributed by atoms with van der Waals surface area (Å²) in [6.07, 6.45) is 1.65. The van der Waals surface area contributed by atoms with Gasteiger partial charge in [-0.25, -0.2) is 4.98 Å². The van der Waals surface area contributed by atoms with Gasteiger partial charge in [0.15, 0.2) is 0 Å². The molecule has 1 heterocycles. The van der Waals surface area contributed by atoms with Gasteiger partial charge in [0.1, 0.15) is 23.3 Å². The van der Waals surface area contributed by atoms with Crippen LogP contribution in [0.4, 0.5) is 17.5 Å². The summed E-state index contributed by atoms with van der Waals surface area (Å²) >= 11 is 0. The van der Waals surface area contributed by atoms with E-state index in [-0.39, 0.29) is 0 Å². The van der Waals surface area contributed by atoms with E-state index < -0.39 is 0 Å². The number of nitrogens with one attached hydrogen (secondary N) is 2. The first-order valence-electron chi connectivity index (χ1n) is 6.19. The average Bonchev–Trinajstić information content (AvgIpc) is 2.48. The lowest BCUT2D eigenvalue weighted by atomic mass is 10.2. The molecule has 0 aliphatic rings. The van der Waals surface area contributed by atoms with Crippen LogP contribution in [0.1, 0.15) is 12.5 Å². The molecule has 6 nitrogen and oxygen atoms in total. The van der Waals surface area contributed by atoms with Crippen LogP contribution in [-0.4, -0.2) is 23.6 Å². The molecule has 0 atom stereocenters. The summed E-state index contributed by atoms with van der Waals surface area (Å²) < 4.78 is 5.27. The molecule has 2 N–H and O–H groups in total. The molecule has 0 spiro atoms. The summed E-state index contributed by atoms with van der Waals surface area (Å²) in [5, 5.41) is 15.3. The van der Waals surface area contributed by atoms with Gasteiger partial charge in [0.2, 0.25) is 5.95 Å². The van der Waals surface area contributed by atoms with Crippen molar-refractivity contribution in [2.75, 3.05) is 24.3 Å². The smallest absolute Gasteiger partial charge is 0.224 e. The summed E-state index contributed by atoms with van der Waals surface area (Å²) in [6.45, 7) is 2.71. The van der Waals surface area contributed by atoms with Gasteiger partial charge in [0.05, 0.1) is 12.7 Å². The molecular weight excluding hydrogens is 254 g/mol. The zero-order chi connectivity index (χ0) is 14.4. The Balaban J connectivity index is 2.34. The molecule has 0 saturated heterocycles. The highest BCUT2D eigenvalue weighted by Crippen LogP contribution is 2.30. The Hall–Kier alpha value is -2.81. The van der Waals surface area contributed by atoms with E-state index in [2.05, 4.69) is 26.7 Å². The summed E-state index contributed by atoms with van der Waals surface area (Å²) in [5.74, 6) is 1.72. The Bertz CT molecular complexity index is 636. The molecule has 1 aromatic carbocycles. The Labute approximate surface area is 117 Å². The van der Waals surface area contributed by atoms with Crippen molar-refractivity contribution in [1.82, 2.24) is 9.97 Å². The fraction of sp³-hybridized carbons (Fsp3) is 0.214. The number of hydrogen-bond acceptors (Lipinski definition) is 6. The zero-order valence-corrected chi connectivity index (χ0v) is 11.3. The van der Waals surface area contributed by atoms with E-state index >= 15 is 0 Å². The van der Waals surface area contributed by atoms with Crippen molar-refractivity contribution in [3.05, 3.63) is 36.0 Å². The van der Waals surface area contributed by atoms with Crippen LogP contribution in [0.5, 0.6) is 5.75 Å². The first-order valence-corrected chi connectivity index (χ1v) is 6.19. The van der Waals surface area contributed by atoms with E-state index in [0.29, 0.717) is 28.8 Å². The first kappa shape index (κ1) is 13.6. The molecule has 0 bridgehead atoms. The number of methoxy groups -OCH3 is 1. The summed E-state index contributed by atoms with van der Waals surface area (Å²) in [5.41, 5.74) is 1.09. The third kappa shape index (κ3) is 2.95. The van der Waals surface area contributed by atoms with E-state index in [0.717, 1.165) is 6.54 Å². The SMILES string of the molecule is CCNc1nccc(Nc2c(C#N)cccc2OC)n1. The number of nitrogens with zero attached hydrogens (tertiary/aromatic N) is 3. The third-order valence-electron chi connectivity index (χ3n) is 2.61. The predicted molar refractivity (Wildman–Crippen MR) is 77.2 cm³/mol. The van der Waals surface area contributed by atoms with Gasteiger partial charge in [0, 0.05) is 12.7 Å². The molecule has 0 amide bonds. The molecule has 0 saturated carbocycles. The van der Waals surface area contributed by atoms with Crippen LogP contribution in [0, 0.1) is 11.3 Å². The minimum absolute atomic E-state index is 0.493. The van der Waals surface area contributed by atoms with Gasteiger partial charge in [-0.15, -0.1) is 0 Å². The van der Waals surface area contributed by atoms with Crippen LogP contribution >= 0.6 is 0 Å². The second kappa shape index (κ2) is 6.38. The van der Waals surface area contributed by atoms with Crippen LogP contribution in [0.15, 0.2) is 30.5 Å². The van der Waals surface area contributed by atoms with Crippen molar-refractivity contribution < 1.29 is 4.74 Å². The Morgan fingerprint density at radius 2 is 2.20 bits per heavy atom. The maximum Gasteiger partial charge on any atom is 0.224 e. The summed E-state index contributed by atoms with van der Waals surface area (Å²) in [7, 11) is 1.56. The van der Waals surface area contributed by atoms with Gasteiger partial charge < -0.3 is 15.4 Å². The van der Waals surface area contributed by atoms with Crippen molar-refractivity contribution in [2.45, 2.75) is 6.92 Å². The molecule has 20 heavy (non-hydrogen) atoms. The van der Waals surface area contributed by atoms with Crippen LogP contribution in [0.25, 0.3) is 0 Å². The molecule has 0 aliphatic heterocycles. The van der Waals surface area contributed by atoms with Crippen LogP contribution in [0.2, 0.25) is 0 Å². The average molecular weight is 269 g/mol. The van der Waals surface area contributed by atoms with Gasteiger partial charge in [0.25, 0.3) is 0 Å². The topological polar surface area (TPSA) is 82.9 Å². The second-order valence-corrected chi connectivity index (χ2v) is 3.92. The minimum Gasteiger partial charge on any atom is -0.495 e. The Kier molecular flexibility index (Phi) is 4.35. The minimum atomic E-state index is 0.493. The number of ether oxygens (including phenoxy) is 1. The van der Waals surface area contributed by atoms with Crippen molar-refractivity contribution >= 4 is 17.5 Å². The van der Waals surface area contributed by atoms with Gasteiger partial charge in [-0.05, 0) is 25.1 Å². The Morgan fingerprint density at radius 1 is 1.35 bits per heavy atom. The standard InChI is InChI=1S/C14H15N5O/c1-3-16-14-17-8-7-12(19-14)18-13-10(9-15)5-4-6-11(13)20-2/h4-8H,3H2,1-2H3,(H2,16,17,18,19). The van der Waals surface area contributed by atoms with Crippen LogP contribution < -0.4 is 15.4 Å². The largest absolute Gasteiger partial charge is 0.495 e. The van der Waals surface area contributed by atoms with Crippen molar-refractivity contribution in [1.29, 1.82) is 5.26 Å². The molecular formula is C14H15N5O. The molecule has 102 valence electrons. The van der Waals surface area contributed by atoms with Crippen molar-refractivity contribution in [3.63, 3.8) is 0 Å². The molecule has 0 aliphatic carbocycles. The summed E-state index contributed by atoms with van der Waals surface area (Å²) in [4.78, 5) is 8.41. The Morgan fingerprint density at radius 3 is 2.90 bits per heavy atom. The van der Waals surface area contributed by atoms with Gasteiger partial charge in [-0.2, -0.15) is 10.2 Å². The van der Waals surface area contributed by atoms with Crippen molar-refractivity contribution in [2.24, 2.45) is 0 Å². The number of para-hydroxylation sites is 1. The molecule has 1 aromatic heterocycles. The quantitative estimate of drug-likeness (QED) is 0.867. The highest BCUT2D eigenvalue weighted by molar-refractivity contribution is 5.71. The van der Waals surface area contributed by atoms with Crippen molar-refractivity contribution in [3.8, 4) is 11.8 Å². The normalized spacial score (nSPS) is 9.65. The molecule has 0 fully saturated rings. The molecule has 0 unspecified atom stereocenters. The van der Waals surface area contributed by atoms with E-state index in [4.69, 9.17) is 10.00 Å². The lowest BCUT2D eigenvalue weighted by molar-refractivity contribution is 0.416. The predicted octanol–water partition coefficient (Wildman–Crippen LogP) is 2.53. The highest BCUT2D eigenvalue weighted by atomic mass is 16.5. The number of benzene rings is 1. The zero-order valence-electron chi connectivity index (χ0n) is 11.3. The number of aromatic nitrogens is 2. The second-order valence-electron chi connectivity index (χ2n) is 3.92. The maximum atomic E-state index is 9.16. The monoisotopic (exact) mass is 269 g/mol. The van der Waals surface area contributed by atoms with E-state index in [1.54, 1.807) is 37.6 Å². The van der Waals surface area contributed by atoms with Crippen LogP contribution in [0.3, 0.4) is 0 Å². The fourth-order valence-corrected chi connectivity index (χ4v) is 1.72. The molecule has 0 radical (unpaired) electrons. The lowest BCUT2D eigenvalue weighted by Crippen LogP contribution is -2.04. The molecule has 6 heteroatoms. The van der Waals surface area contributed by atoms with E-state index in [9.17, 15) is 0 Å². The van der Waals surface area contributed by atoms with Gasteiger partial charge in [-0.3, -0.25) is 0 Å². The van der Waals surface area contributed by atoms with Gasteiger partial charge >= 0.3 is 0 Å². The number of anilines is 3. The number of nitriles is 1. The maximum absolute atomic E-state index is 9.16. The lowest BCUT2D eigenvalue weighted by Gasteiger charge is -2.12. The third-order valence-corrected chi connectivity index (χ3v) is 2.61.